The molecule has 208 valence electrons. The molecule has 4 rings (SSSR count). The largest absolute Gasteiger partial charge is 0.496 e. The van der Waals surface area contributed by atoms with Crippen LogP contribution in [0.2, 0.25) is 0 Å². The van der Waals surface area contributed by atoms with Gasteiger partial charge in [-0.15, -0.1) is 0 Å². The van der Waals surface area contributed by atoms with Crippen molar-refractivity contribution in [3.8, 4) is 5.75 Å². The molecule has 0 radical (unpaired) electrons. The zero-order chi connectivity index (χ0) is 27.6. The fourth-order valence-corrected chi connectivity index (χ4v) is 5.36. The first-order valence-electron chi connectivity index (χ1n) is 13.8. The van der Waals surface area contributed by atoms with Gasteiger partial charge in [0.1, 0.15) is 5.75 Å². The van der Waals surface area contributed by atoms with Crippen LogP contribution in [0.5, 0.6) is 5.75 Å². The zero-order valence-electron chi connectivity index (χ0n) is 22.7. The van der Waals surface area contributed by atoms with Gasteiger partial charge in [-0.1, -0.05) is 49.6 Å². The van der Waals surface area contributed by atoms with Gasteiger partial charge in [-0.25, -0.2) is 0 Å². The second-order valence-corrected chi connectivity index (χ2v) is 10.2. The van der Waals surface area contributed by atoms with Crippen molar-refractivity contribution in [2.75, 3.05) is 52.9 Å². The SMILES string of the molecule is COc1ccccc1/C=C/CN(CCN1CCN(C(=O)c2ccc([N+](=O)[O-])cc2)CC1)C(=O)C1CCCCC1. The Balaban J connectivity index is 1.32. The summed E-state index contributed by atoms with van der Waals surface area (Å²) in [5.74, 6) is 1.04. The lowest BCUT2D eigenvalue weighted by Crippen LogP contribution is -2.51. The van der Waals surface area contributed by atoms with E-state index in [1.54, 1.807) is 12.0 Å². The van der Waals surface area contributed by atoms with E-state index >= 15 is 0 Å². The summed E-state index contributed by atoms with van der Waals surface area (Å²) in [4.78, 5) is 42.8. The highest BCUT2D eigenvalue weighted by atomic mass is 16.6. The number of nitro benzene ring substituents is 1. The molecule has 1 saturated heterocycles. The molecule has 2 fully saturated rings. The van der Waals surface area contributed by atoms with E-state index in [9.17, 15) is 19.7 Å². The molecule has 0 N–H and O–H groups in total. The lowest BCUT2D eigenvalue weighted by atomic mass is 9.88. The molecule has 9 heteroatoms. The highest BCUT2D eigenvalue weighted by molar-refractivity contribution is 5.94. The van der Waals surface area contributed by atoms with Gasteiger partial charge >= 0.3 is 0 Å². The van der Waals surface area contributed by atoms with E-state index < -0.39 is 4.92 Å². The maximum Gasteiger partial charge on any atom is 0.269 e. The third-order valence-corrected chi connectivity index (χ3v) is 7.70. The number of rotatable bonds is 10. The first-order chi connectivity index (χ1) is 19.0. The fourth-order valence-electron chi connectivity index (χ4n) is 5.36. The van der Waals surface area contributed by atoms with E-state index in [4.69, 9.17) is 4.74 Å². The molecular formula is C30H38N4O5. The molecule has 9 nitrogen and oxygen atoms in total. The molecule has 39 heavy (non-hydrogen) atoms. The molecule has 0 spiro atoms. The number of piperazine rings is 1. The number of carbonyl (C=O) groups is 2. The molecule has 2 aliphatic rings. The van der Waals surface area contributed by atoms with Crippen molar-refractivity contribution in [2.45, 2.75) is 32.1 Å². The molecule has 2 aromatic rings. The average molecular weight is 535 g/mol. The van der Waals surface area contributed by atoms with E-state index in [1.807, 2.05) is 41.3 Å². The third kappa shape index (κ3) is 7.66. The summed E-state index contributed by atoms with van der Waals surface area (Å²) in [7, 11) is 1.66. The Morgan fingerprint density at radius 2 is 1.72 bits per heavy atom. The summed E-state index contributed by atoms with van der Waals surface area (Å²) < 4.78 is 5.45. The summed E-state index contributed by atoms with van der Waals surface area (Å²) in [5, 5.41) is 10.9. The molecule has 2 amide bonds. The topological polar surface area (TPSA) is 96.2 Å². The Labute approximate surface area is 230 Å². The van der Waals surface area contributed by atoms with Crippen molar-refractivity contribution in [1.82, 2.24) is 14.7 Å². The number of carbonyl (C=O) groups excluding carboxylic acids is 2. The van der Waals surface area contributed by atoms with Gasteiger partial charge in [-0.3, -0.25) is 24.6 Å². The minimum Gasteiger partial charge on any atom is -0.496 e. The van der Waals surface area contributed by atoms with Crippen molar-refractivity contribution in [2.24, 2.45) is 5.92 Å². The van der Waals surface area contributed by atoms with Crippen molar-refractivity contribution >= 4 is 23.6 Å². The maximum atomic E-state index is 13.5. The molecule has 1 aliphatic carbocycles. The van der Waals surface area contributed by atoms with Crippen LogP contribution in [0, 0.1) is 16.0 Å². The van der Waals surface area contributed by atoms with E-state index in [2.05, 4.69) is 4.90 Å². The lowest BCUT2D eigenvalue weighted by molar-refractivity contribution is -0.384. The van der Waals surface area contributed by atoms with Crippen LogP contribution in [0.15, 0.2) is 54.6 Å². The van der Waals surface area contributed by atoms with Gasteiger partial charge in [0.05, 0.1) is 12.0 Å². The van der Waals surface area contributed by atoms with Crippen molar-refractivity contribution < 1.29 is 19.2 Å². The minimum absolute atomic E-state index is 0.0264. The Bertz CT molecular complexity index is 1150. The number of hydrogen-bond acceptors (Lipinski definition) is 6. The fraction of sp³-hybridized carbons (Fsp3) is 0.467. The molecule has 1 aliphatic heterocycles. The van der Waals surface area contributed by atoms with Crippen LogP contribution in [0.4, 0.5) is 5.69 Å². The molecule has 0 aromatic heterocycles. The number of para-hydroxylation sites is 1. The Morgan fingerprint density at radius 3 is 2.38 bits per heavy atom. The van der Waals surface area contributed by atoms with E-state index in [-0.39, 0.29) is 23.4 Å². The molecule has 1 heterocycles. The first-order valence-corrected chi connectivity index (χ1v) is 13.8. The minimum atomic E-state index is -0.469. The van der Waals surface area contributed by atoms with E-state index in [0.29, 0.717) is 31.7 Å². The number of hydrogen-bond donors (Lipinski definition) is 0. The van der Waals surface area contributed by atoms with Gasteiger partial charge < -0.3 is 14.5 Å². The van der Waals surface area contributed by atoms with Crippen LogP contribution >= 0.6 is 0 Å². The monoisotopic (exact) mass is 534 g/mol. The molecule has 1 saturated carbocycles. The second kappa shape index (κ2) is 13.9. The highest BCUT2D eigenvalue weighted by Crippen LogP contribution is 2.26. The Kier molecular flexibility index (Phi) is 10.1. The Hall–Kier alpha value is -3.72. The predicted molar refractivity (Wildman–Crippen MR) is 151 cm³/mol. The van der Waals surface area contributed by atoms with Crippen molar-refractivity contribution in [3.63, 3.8) is 0 Å². The van der Waals surface area contributed by atoms with E-state index in [1.165, 1.54) is 30.7 Å². The van der Waals surface area contributed by atoms with Crippen molar-refractivity contribution in [3.05, 3.63) is 75.8 Å². The van der Waals surface area contributed by atoms with E-state index in [0.717, 1.165) is 56.6 Å². The molecule has 0 bridgehead atoms. The predicted octanol–water partition coefficient (Wildman–Crippen LogP) is 4.48. The van der Waals surface area contributed by atoms with Crippen LogP contribution < -0.4 is 4.74 Å². The Morgan fingerprint density at radius 1 is 1.03 bits per heavy atom. The van der Waals surface area contributed by atoms with Gasteiger partial charge in [0, 0.05) is 75.0 Å². The van der Waals surface area contributed by atoms with Gasteiger partial charge in [-0.05, 0) is 31.0 Å². The highest BCUT2D eigenvalue weighted by Gasteiger charge is 2.27. The maximum absolute atomic E-state index is 13.5. The number of amides is 2. The quantitative estimate of drug-likeness (QED) is 0.329. The molecule has 0 unspecified atom stereocenters. The standard InChI is InChI=1S/C30H38N4O5/c1-39-28-12-6-5-8-24(28)11-7-17-32(29(35)25-9-3-2-4-10-25)21-18-31-19-22-33(23-20-31)30(36)26-13-15-27(16-14-26)34(37)38/h5-8,11-16,25H,2-4,9-10,17-23H2,1H3/b11-7+. The van der Waals surface area contributed by atoms with Crippen LogP contribution in [0.3, 0.4) is 0 Å². The van der Waals surface area contributed by atoms with Crippen LogP contribution in [0.1, 0.15) is 48.0 Å². The summed E-state index contributed by atoms with van der Waals surface area (Å²) in [5.41, 5.74) is 1.42. The van der Waals surface area contributed by atoms with Crippen LogP contribution in [0.25, 0.3) is 6.08 Å². The number of ether oxygens (including phenoxy) is 1. The number of nitrogens with zero attached hydrogens (tertiary/aromatic N) is 4. The second-order valence-electron chi connectivity index (χ2n) is 10.2. The average Bonchev–Trinajstić information content (AvgIpc) is 2.99. The van der Waals surface area contributed by atoms with Gasteiger partial charge in [0.2, 0.25) is 5.91 Å². The van der Waals surface area contributed by atoms with Gasteiger partial charge in [0.15, 0.2) is 0 Å². The summed E-state index contributed by atoms with van der Waals surface area (Å²) in [6, 6.07) is 13.6. The summed E-state index contributed by atoms with van der Waals surface area (Å²) in [6.07, 6.45) is 9.43. The molecular weight excluding hydrogens is 496 g/mol. The number of nitro groups is 1. The van der Waals surface area contributed by atoms with Gasteiger partial charge in [0.25, 0.3) is 11.6 Å². The van der Waals surface area contributed by atoms with Crippen LogP contribution in [-0.2, 0) is 4.79 Å². The summed E-state index contributed by atoms with van der Waals surface area (Å²) >= 11 is 0. The summed E-state index contributed by atoms with van der Waals surface area (Å²) in [6.45, 7) is 4.55. The number of benzene rings is 2. The number of non-ortho nitro benzene ring substituents is 1. The number of methoxy groups -OCH3 is 1. The van der Waals surface area contributed by atoms with Gasteiger partial charge in [-0.2, -0.15) is 0 Å². The third-order valence-electron chi connectivity index (χ3n) is 7.70. The van der Waals surface area contributed by atoms with Crippen molar-refractivity contribution in [1.29, 1.82) is 0 Å². The molecule has 2 aromatic carbocycles. The smallest absolute Gasteiger partial charge is 0.269 e. The first kappa shape index (κ1) is 28.3. The lowest BCUT2D eigenvalue weighted by Gasteiger charge is -2.36. The van der Waals surface area contributed by atoms with Crippen LogP contribution in [-0.4, -0.2) is 84.4 Å². The molecule has 0 atom stereocenters. The zero-order valence-corrected chi connectivity index (χ0v) is 22.7. The normalized spacial score (nSPS) is 16.8.